The van der Waals surface area contributed by atoms with E-state index in [0.717, 1.165) is 16.7 Å². The van der Waals surface area contributed by atoms with Crippen LogP contribution < -0.4 is 10.2 Å². The summed E-state index contributed by atoms with van der Waals surface area (Å²) in [5.41, 5.74) is 3.37. The molecule has 22 heavy (non-hydrogen) atoms. The Morgan fingerprint density at radius 3 is 2.45 bits per heavy atom. The van der Waals surface area contributed by atoms with Crippen LogP contribution in [0.3, 0.4) is 0 Å². The Kier molecular flexibility index (Phi) is 5.75. The minimum absolute atomic E-state index is 0.0356. The lowest BCUT2D eigenvalue weighted by Crippen LogP contribution is -3.12. The van der Waals surface area contributed by atoms with E-state index in [1.54, 1.807) is 0 Å². The Balaban J connectivity index is 1.97. The van der Waals surface area contributed by atoms with E-state index in [1.807, 2.05) is 43.3 Å². The van der Waals surface area contributed by atoms with Crippen molar-refractivity contribution in [2.75, 3.05) is 12.4 Å². The SMILES string of the molecule is Cc1ccccc1C[NH+](C)[C@@H](C)C(=O)Nc1ccc(Br)cc1. The fraction of sp³-hybridized carbons (Fsp3) is 0.278. The van der Waals surface area contributed by atoms with Gasteiger partial charge in [0.1, 0.15) is 6.54 Å². The molecule has 0 fully saturated rings. The van der Waals surface area contributed by atoms with Gasteiger partial charge in [-0.1, -0.05) is 40.2 Å². The second kappa shape index (κ2) is 7.56. The zero-order valence-electron chi connectivity index (χ0n) is 13.2. The maximum Gasteiger partial charge on any atom is 0.282 e. The van der Waals surface area contributed by atoms with Crippen LogP contribution in [0.15, 0.2) is 53.0 Å². The van der Waals surface area contributed by atoms with E-state index < -0.39 is 0 Å². The first-order valence-corrected chi connectivity index (χ1v) is 8.20. The van der Waals surface area contributed by atoms with E-state index in [2.05, 4.69) is 47.4 Å². The van der Waals surface area contributed by atoms with Gasteiger partial charge >= 0.3 is 0 Å². The Morgan fingerprint density at radius 2 is 1.82 bits per heavy atom. The predicted octanol–water partition coefficient (Wildman–Crippen LogP) is 2.80. The topological polar surface area (TPSA) is 33.5 Å². The normalized spacial score (nSPS) is 13.5. The van der Waals surface area contributed by atoms with Crippen molar-refractivity contribution < 1.29 is 9.69 Å². The van der Waals surface area contributed by atoms with Crippen LogP contribution in [-0.4, -0.2) is 19.0 Å². The quantitative estimate of drug-likeness (QED) is 0.843. The molecule has 2 aromatic rings. The molecule has 3 nitrogen and oxygen atoms in total. The molecule has 0 bridgehead atoms. The number of carbonyl (C=O) groups excluding carboxylic acids is 1. The second-order valence-corrected chi connectivity index (χ2v) is 6.58. The summed E-state index contributed by atoms with van der Waals surface area (Å²) in [6.07, 6.45) is 0. The van der Waals surface area contributed by atoms with Crippen molar-refractivity contribution in [2.45, 2.75) is 26.4 Å². The molecule has 0 heterocycles. The van der Waals surface area contributed by atoms with Crippen LogP contribution in [0.2, 0.25) is 0 Å². The molecule has 1 amide bonds. The average molecular weight is 362 g/mol. The maximum absolute atomic E-state index is 12.4. The first-order valence-electron chi connectivity index (χ1n) is 7.40. The number of nitrogens with one attached hydrogen (secondary N) is 2. The molecular formula is C18H22BrN2O+. The molecule has 2 atom stereocenters. The zero-order valence-corrected chi connectivity index (χ0v) is 14.8. The van der Waals surface area contributed by atoms with Gasteiger partial charge in [-0.25, -0.2) is 0 Å². The highest BCUT2D eigenvalue weighted by atomic mass is 79.9. The summed E-state index contributed by atoms with van der Waals surface area (Å²) in [4.78, 5) is 13.5. The van der Waals surface area contributed by atoms with Gasteiger partial charge in [-0.15, -0.1) is 0 Å². The number of carbonyl (C=O) groups is 1. The maximum atomic E-state index is 12.4. The smallest absolute Gasteiger partial charge is 0.282 e. The molecule has 0 spiro atoms. The Labute approximate surface area is 140 Å². The van der Waals surface area contributed by atoms with Crippen LogP contribution in [0.4, 0.5) is 5.69 Å². The minimum atomic E-state index is -0.122. The Morgan fingerprint density at radius 1 is 1.18 bits per heavy atom. The lowest BCUT2D eigenvalue weighted by Gasteiger charge is -2.22. The minimum Gasteiger partial charge on any atom is -0.324 e. The largest absolute Gasteiger partial charge is 0.324 e. The van der Waals surface area contributed by atoms with Gasteiger partial charge in [-0.3, -0.25) is 4.79 Å². The van der Waals surface area contributed by atoms with Crippen molar-refractivity contribution in [3.63, 3.8) is 0 Å². The monoisotopic (exact) mass is 361 g/mol. The molecule has 0 saturated carbocycles. The van der Waals surface area contributed by atoms with Crippen LogP contribution in [0, 0.1) is 6.92 Å². The van der Waals surface area contributed by atoms with Crippen LogP contribution in [0.25, 0.3) is 0 Å². The number of aryl methyl sites for hydroxylation is 1. The Bertz CT molecular complexity index is 640. The van der Waals surface area contributed by atoms with Gasteiger partial charge in [-0.2, -0.15) is 0 Å². The van der Waals surface area contributed by atoms with E-state index in [9.17, 15) is 4.79 Å². The fourth-order valence-electron chi connectivity index (χ4n) is 2.27. The Hall–Kier alpha value is -1.65. The number of hydrogen-bond acceptors (Lipinski definition) is 1. The van der Waals surface area contributed by atoms with E-state index in [1.165, 1.54) is 16.0 Å². The van der Waals surface area contributed by atoms with Crippen molar-refractivity contribution in [1.82, 2.24) is 0 Å². The zero-order chi connectivity index (χ0) is 16.1. The number of rotatable bonds is 5. The van der Waals surface area contributed by atoms with Crippen LogP contribution >= 0.6 is 15.9 Å². The summed E-state index contributed by atoms with van der Waals surface area (Å²) in [5, 5.41) is 2.97. The number of likely N-dealkylation sites (N-methyl/N-ethyl adjacent to an activating group) is 1. The van der Waals surface area contributed by atoms with Gasteiger partial charge in [0.25, 0.3) is 5.91 Å². The van der Waals surface area contributed by atoms with Crippen molar-refractivity contribution in [1.29, 1.82) is 0 Å². The third-order valence-corrected chi connectivity index (χ3v) is 4.50. The molecule has 1 unspecified atom stereocenters. The van der Waals surface area contributed by atoms with E-state index in [4.69, 9.17) is 0 Å². The van der Waals surface area contributed by atoms with Crippen LogP contribution in [0.5, 0.6) is 0 Å². The van der Waals surface area contributed by atoms with Crippen molar-refractivity contribution >= 4 is 27.5 Å². The number of halogens is 1. The fourth-order valence-corrected chi connectivity index (χ4v) is 2.53. The molecule has 4 heteroatoms. The third kappa shape index (κ3) is 4.42. The molecule has 2 N–H and O–H groups in total. The summed E-state index contributed by atoms with van der Waals surface area (Å²) < 4.78 is 1.00. The van der Waals surface area contributed by atoms with Crippen molar-refractivity contribution in [3.8, 4) is 0 Å². The van der Waals surface area contributed by atoms with Gasteiger partial charge in [-0.05, 0) is 43.7 Å². The van der Waals surface area contributed by atoms with Gasteiger partial charge in [0.15, 0.2) is 6.04 Å². The van der Waals surface area contributed by atoms with Gasteiger partial charge < -0.3 is 10.2 Å². The summed E-state index contributed by atoms with van der Waals surface area (Å²) in [7, 11) is 2.05. The van der Waals surface area contributed by atoms with Crippen molar-refractivity contribution in [2.24, 2.45) is 0 Å². The summed E-state index contributed by atoms with van der Waals surface area (Å²) in [5.74, 6) is 0.0356. The number of anilines is 1. The highest BCUT2D eigenvalue weighted by Gasteiger charge is 2.22. The lowest BCUT2D eigenvalue weighted by atomic mass is 10.1. The van der Waals surface area contributed by atoms with Crippen LogP contribution in [0.1, 0.15) is 18.1 Å². The highest BCUT2D eigenvalue weighted by Crippen LogP contribution is 2.14. The first kappa shape index (κ1) is 16.7. The molecule has 2 aromatic carbocycles. The second-order valence-electron chi connectivity index (χ2n) is 5.67. The first-order chi connectivity index (χ1) is 10.5. The predicted molar refractivity (Wildman–Crippen MR) is 94.0 cm³/mol. The van der Waals surface area contributed by atoms with E-state index in [0.29, 0.717) is 0 Å². The lowest BCUT2D eigenvalue weighted by molar-refractivity contribution is -0.907. The molecule has 116 valence electrons. The number of quaternary nitrogens is 1. The van der Waals surface area contributed by atoms with E-state index in [-0.39, 0.29) is 11.9 Å². The summed E-state index contributed by atoms with van der Waals surface area (Å²) >= 11 is 3.39. The van der Waals surface area contributed by atoms with E-state index >= 15 is 0 Å². The summed E-state index contributed by atoms with van der Waals surface area (Å²) in [6, 6.07) is 15.8. The molecule has 0 saturated heterocycles. The molecule has 0 radical (unpaired) electrons. The molecule has 0 aliphatic heterocycles. The molecule has 0 aliphatic rings. The molecule has 2 rings (SSSR count). The number of benzene rings is 2. The average Bonchev–Trinajstić information content (AvgIpc) is 2.51. The highest BCUT2D eigenvalue weighted by molar-refractivity contribution is 9.10. The van der Waals surface area contributed by atoms with Gasteiger partial charge in [0, 0.05) is 15.7 Å². The van der Waals surface area contributed by atoms with Crippen molar-refractivity contribution in [3.05, 3.63) is 64.1 Å². The molecule has 0 aromatic heterocycles. The standard InChI is InChI=1S/C18H21BrN2O/c1-13-6-4-5-7-15(13)12-21(3)14(2)18(22)20-17-10-8-16(19)9-11-17/h4-11,14H,12H2,1-3H3,(H,20,22)/p+1/t14-/m0/s1. The number of amides is 1. The van der Waals surface area contributed by atoms with Gasteiger partial charge in [0.2, 0.25) is 0 Å². The van der Waals surface area contributed by atoms with Gasteiger partial charge in [0.05, 0.1) is 7.05 Å². The third-order valence-electron chi connectivity index (χ3n) is 3.97. The summed E-state index contributed by atoms with van der Waals surface area (Å²) in [6.45, 7) is 4.90. The van der Waals surface area contributed by atoms with Crippen LogP contribution in [-0.2, 0) is 11.3 Å². The molecule has 0 aliphatic carbocycles. The number of hydrogen-bond donors (Lipinski definition) is 2. The molecular weight excluding hydrogens is 340 g/mol.